The highest BCUT2D eigenvalue weighted by molar-refractivity contribution is 5.98. The molecule has 2 amide bonds. The van der Waals surface area contributed by atoms with E-state index >= 15 is 0 Å². The lowest BCUT2D eigenvalue weighted by Gasteiger charge is -2.34. The van der Waals surface area contributed by atoms with Crippen LogP contribution in [0, 0.1) is 10.1 Å². The van der Waals surface area contributed by atoms with Crippen LogP contribution in [0.4, 0.5) is 5.69 Å². The molecule has 0 radical (unpaired) electrons. The van der Waals surface area contributed by atoms with E-state index in [1.807, 2.05) is 4.90 Å². The number of benzene rings is 1. The standard InChI is InChI=1S/C16H20N4O4/c21-15(17-12-5-6-12)11-18-7-9-19(10-8-18)16(22)13-3-1-2-4-14(13)20(23)24/h1-4,12H,5-11H2,(H,17,21). The zero-order chi connectivity index (χ0) is 17.1. The summed E-state index contributed by atoms with van der Waals surface area (Å²) in [5.74, 6) is -0.305. The number of hydrogen-bond acceptors (Lipinski definition) is 5. The van der Waals surface area contributed by atoms with E-state index in [0.717, 1.165) is 12.8 Å². The summed E-state index contributed by atoms with van der Waals surface area (Å²) < 4.78 is 0. The molecule has 1 aromatic carbocycles. The van der Waals surface area contributed by atoms with Gasteiger partial charge in [0.1, 0.15) is 5.56 Å². The zero-order valence-electron chi connectivity index (χ0n) is 13.3. The number of nitro groups is 1. The van der Waals surface area contributed by atoms with Gasteiger partial charge in [-0.05, 0) is 18.9 Å². The van der Waals surface area contributed by atoms with E-state index in [4.69, 9.17) is 0 Å². The molecule has 0 unspecified atom stereocenters. The molecule has 3 rings (SSSR count). The number of carbonyl (C=O) groups excluding carboxylic acids is 2. The van der Waals surface area contributed by atoms with Crippen molar-refractivity contribution in [2.24, 2.45) is 0 Å². The van der Waals surface area contributed by atoms with E-state index in [1.54, 1.807) is 17.0 Å². The van der Waals surface area contributed by atoms with Gasteiger partial charge in [0, 0.05) is 38.3 Å². The smallest absolute Gasteiger partial charge is 0.282 e. The first-order chi connectivity index (χ1) is 11.5. The van der Waals surface area contributed by atoms with Crippen LogP contribution in [-0.2, 0) is 4.79 Å². The number of nitro benzene ring substituents is 1. The molecule has 8 heteroatoms. The Kier molecular flexibility index (Phi) is 4.75. The van der Waals surface area contributed by atoms with Gasteiger partial charge in [-0.3, -0.25) is 24.6 Å². The van der Waals surface area contributed by atoms with Gasteiger partial charge in [-0.1, -0.05) is 12.1 Å². The van der Waals surface area contributed by atoms with Crippen molar-refractivity contribution in [3.8, 4) is 0 Å². The third-order valence-electron chi connectivity index (χ3n) is 4.30. The molecule has 1 saturated heterocycles. The number of rotatable bonds is 5. The minimum atomic E-state index is -0.536. The molecule has 24 heavy (non-hydrogen) atoms. The molecular weight excluding hydrogens is 312 g/mol. The second-order valence-corrected chi connectivity index (χ2v) is 6.18. The number of piperazine rings is 1. The number of hydrogen-bond donors (Lipinski definition) is 1. The Hall–Kier alpha value is -2.48. The molecule has 1 saturated carbocycles. The van der Waals surface area contributed by atoms with Gasteiger partial charge in [-0.15, -0.1) is 0 Å². The maximum absolute atomic E-state index is 12.5. The number of nitrogens with one attached hydrogen (secondary N) is 1. The molecule has 2 fully saturated rings. The first-order valence-electron chi connectivity index (χ1n) is 8.09. The third kappa shape index (κ3) is 3.88. The summed E-state index contributed by atoms with van der Waals surface area (Å²) in [7, 11) is 0. The Morgan fingerprint density at radius 1 is 1.17 bits per heavy atom. The van der Waals surface area contributed by atoms with Crippen LogP contribution in [0.1, 0.15) is 23.2 Å². The van der Waals surface area contributed by atoms with E-state index in [2.05, 4.69) is 5.32 Å². The van der Waals surface area contributed by atoms with E-state index in [9.17, 15) is 19.7 Å². The largest absolute Gasteiger partial charge is 0.352 e. The molecule has 1 aliphatic heterocycles. The number of nitrogens with zero attached hydrogens (tertiary/aromatic N) is 3. The summed E-state index contributed by atoms with van der Waals surface area (Å²) in [6.07, 6.45) is 2.12. The number of amides is 2. The van der Waals surface area contributed by atoms with Gasteiger partial charge in [0.25, 0.3) is 11.6 Å². The normalized spacial score (nSPS) is 18.2. The average Bonchev–Trinajstić information content (AvgIpc) is 3.38. The van der Waals surface area contributed by atoms with Gasteiger partial charge in [-0.25, -0.2) is 0 Å². The number of para-hydroxylation sites is 1. The number of carbonyl (C=O) groups is 2. The van der Waals surface area contributed by atoms with Crippen LogP contribution in [0.25, 0.3) is 0 Å². The van der Waals surface area contributed by atoms with Gasteiger partial charge < -0.3 is 10.2 Å². The summed E-state index contributed by atoms with van der Waals surface area (Å²) >= 11 is 0. The fraction of sp³-hybridized carbons (Fsp3) is 0.500. The first kappa shape index (κ1) is 16.4. The highest BCUT2D eigenvalue weighted by atomic mass is 16.6. The maximum atomic E-state index is 12.5. The lowest BCUT2D eigenvalue weighted by Crippen LogP contribution is -2.51. The van der Waals surface area contributed by atoms with Gasteiger partial charge >= 0.3 is 0 Å². The second-order valence-electron chi connectivity index (χ2n) is 6.18. The molecule has 1 aromatic rings. The van der Waals surface area contributed by atoms with Gasteiger partial charge in [0.15, 0.2) is 0 Å². The molecule has 0 atom stereocenters. The van der Waals surface area contributed by atoms with Crippen molar-refractivity contribution in [3.05, 3.63) is 39.9 Å². The van der Waals surface area contributed by atoms with Crippen LogP contribution in [0.15, 0.2) is 24.3 Å². The lowest BCUT2D eigenvalue weighted by molar-refractivity contribution is -0.385. The molecule has 128 valence electrons. The van der Waals surface area contributed by atoms with Crippen molar-refractivity contribution < 1.29 is 14.5 Å². The summed E-state index contributed by atoms with van der Waals surface area (Å²) in [5.41, 5.74) is -0.0591. The zero-order valence-corrected chi connectivity index (χ0v) is 13.3. The molecule has 8 nitrogen and oxygen atoms in total. The molecule has 2 aliphatic rings. The highest BCUT2D eigenvalue weighted by Crippen LogP contribution is 2.20. The molecule has 0 aromatic heterocycles. The molecule has 1 N–H and O–H groups in total. The van der Waals surface area contributed by atoms with E-state index in [-0.39, 0.29) is 23.1 Å². The molecule has 0 spiro atoms. The van der Waals surface area contributed by atoms with Crippen molar-refractivity contribution in [1.82, 2.24) is 15.1 Å². The first-order valence-corrected chi connectivity index (χ1v) is 8.09. The van der Waals surface area contributed by atoms with Gasteiger partial charge in [-0.2, -0.15) is 0 Å². The van der Waals surface area contributed by atoms with Gasteiger partial charge in [0.05, 0.1) is 11.5 Å². The fourth-order valence-electron chi connectivity index (χ4n) is 2.80. The minimum Gasteiger partial charge on any atom is -0.352 e. The van der Waals surface area contributed by atoms with Crippen molar-refractivity contribution in [2.75, 3.05) is 32.7 Å². The monoisotopic (exact) mass is 332 g/mol. The summed E-state index contributed by atoms with van der Waals surface area (Å²) in [6, 6.07) is 6.34. The van der Waals surface area contributed by atoms with Crippen molar-refractivity contribution in [1.29, 1.82) is 0 Å². The Morgan fingerprint density at radius 3 is 2.46 bits per heavy atom. The Balaban J connectivity index is 1.55. The van der Waals surface area contributed by atoms with E-state index < -0.39 is 4.92 Å². The van der Waals surface area contributed by atoms with Crippen LogP contribution in [0.2, 0.25) is 0 Å². The quantitative estimate of drug-likeness (QED) is 0.630. The maximum Gasteiger partial charge on any atom is 0.282 e. The fourth-order valence-corrected chi connectivity index (χ4v) is 2.80. The average molecular weight is 332 g/mol. The van der Waals surface area contributed by atoms with Crippen molar-refractivity contribution >= 4 is 17.5 Å². The summed E-state index contributed by atoms with van der Waals surface area (Å²) in [5, 5.41) is 14.0. The van der Waals surface area contributed by atoms with E-state index in [0.29, 0.717) is 38.8 Å². The Labute approximate surface area is 139 Å². The van der Waals surface area contributed by atoms with Crippen molar-refractivity contribution in [2.45, 2.75) is 18.9 Å². The Morgan fingerprint density at radius 2 is 1.83 bits per heavy atom. The van der Waals surface area contributed by atoms with Crippen LogP contribution in [0.3, 0.4) is 0 Å². The van der Waals surface area contributed by atoms with Gasteiger partial charge in [0.2, 0.25) is 5.91 Å². The molecule has 1 aliphatic carbocycles. The lowest BCUT2D eigenvalue weighted by atomic mass is 10.1. The third-order valence-corrected chi connectivity index (χ3v) is 4.30. The molecule has 1 heterocycles. The van der Waals surface area contributed by atoms with Crippen LogP contribution in [-0.4, -0.2) is 65.3 Å². The van der Waals surface area contributed by atoms with E-state index in [1.165, 1.54) is 12.1 Å². The minimum absolute atomic E-state index is 0.0240. The predicted octanol–water partition coefficient (Wildman–Crippen LogP) is 0.631. The molecular formula is C16H20N4O4. The molecule has 0 bridgehead atoms. The SMILES string of the molecule is O=C(CN1CCN(C(=O)c2ccccc2[N+](=O)[O-])CC1)NC1CC1. The summed E-state index contributed by atoms with van der Waals surface area (Å²) in [4.78, 5) is 38.5. The summed E-state index contributed by atoms with van der Waals surface area (Å²) in [6.45, 7) is 2.43. The predicted molar refractivity (Wildman–Crippen MR) is 86.6 cm³/mol. The van der Waals surface area contributed by atoms with Crippen molar-refractivity contribution in [3.63, 3.8) is 0 Å². The topological polar surface area (TPSA) is 95.8 Å². The Bertz CT molecular complexity index is 651. The second kappa shape index (κ2) is 6.96. The highest BCUT2D eigenvalue weighted by Gasteiger charge is 2.28. The van der Waals surface area contributed by atoms with Crippen LogP contribution in [0.5, 0.6) is 0 Å². The van der Waals surface area contributed by atoms with Crippen LogP contribution >= 0.6 is 0 Å². The van der Waals surface area contributed by atoms with Crippen LogP contribution < -0.4 is 5.32 Å².